The van der Waals surface area contributed by atoms with Crippen LogP contribution in [0.25, 0.3) is 0 Å². The molecule has 1 heterocycles. The number of aliphatic hydroxyl groups excluding tert-OH is 1. The Hall–Kier alpha value is -2.19. The number of nitrogens with zero attached hydrogens (tertiary/aromatic N) is 1. The number of hydrogen-bond acceptors (Lipinski definition) is 5. The van der Waals surface area contributed by atoms with Gasteiger partial charge in [0, 0.05) is 13.2 Å². The lowest BCUT2D eigenvalue weighted by atomic mass is 10.1. The number of hydrogen-bond donors (Lipinski definition) is 2. The number of ether oxygens (including phenoxy) is 2. The summed E-state index contributed by atoms with van der Waals surface area (Å²) in [6.07, 6.45) is 2.07. The maximum Gasteiger partial charge on any atom is 0.257 e. The standard InChI is InChI=1S/C23H27FN2O4.ClH/c24-20-6-5-18(30-17-3-1-15(2-4-17)7-8-25)13-19(20)23(28)26-9-10-29-22-12-16(14-27)11-21(22)26;/h1-6,13,16,21-22,27H,7-12,14,25H2;1H/t16-,21+,22?;/m1./s1. The molecular weight excluding hydrogens is 423 g/mol. The van der Waals surface area contributed by atoms with Crippen LogP contribution >= 0.6 is 12.4 Å². The van der Waals surface area contributed by atoms with Gasteiger partial charge in [-0.25, -0.2) is 4.39 Å². The molecule has 3 N–H and O–H groups in total. The van der Waals surface area contributed by atoms with E-state index in [9.17, 15) is 14.3 Å². The van der Waals surface area contributed by atoms with Crippen molar-refractivity contribution < 1.29 is 23.8 Å². The van der Waals surface area contributed by atoms with Crippen molar-refractivity contribution in [3.63, 3.8) is 0 Å². The summed E-state index contributed by atoms with van der Waals surface area (Å²) in [4.78, 5) is 14.9. The topological polar surface area (TPSA) is 85.0 Å². The molecule has 2 aromatic carbocycles. The zero-order valence-electron chi connectivity index (χ0n) is 17.2. The second-order valence-corrected chi connectivity index (χ2v) is 7.92. The van der Waals surface area contributed by atoms with Crippen LogP contribution in [-0.2, 0) is 11.2 Å². The Morgan fingerprint density at radius 3 is 2.65 bits per heavy atom. The van der Waals surface area contributed by atoms with Crippen LogP contribution in [0, 0.1) is 11.7 Å². The number of fused-ring (bicyclic) bond motifs is 1. The molecule has 1 unspecified atom stereocenters. The van der Waals surface area contributed by atoms with Gasteiger partial charge in [-0.15, -0.1) is 12.4 Å². The summed E-state index contributed by atoms with van der Waals surface area (Å²) in [5, 5.41) is 9.48. The van der Waals surface area contributed by atoms with E-state index >= 15 is 0 Å². The first-order chi connectivity index (χ1) is 14.6. The van der Waals surface area contributed by atoms with Gasteiger partial charge < -0.3 is 25.2 Å². The molecule has 0 aromatic heterocycles. The number of benzene rings is 2. The Labute approximate surface area is 187 Å². The first-order valence-corrected chi connectivity index (χ1v) is 10.4. The van der Waals surface area contributed by atoms with Crippen LogP contribution < -0.4 is 10.5 Å². The summed E-state index contributed by atoms with van der Waals surface area (Å²) in [6.45, 7) is 1.47. The Balaban J connectivity index is 0.00000272. The third-order valence-electron chi connectivity index (χ3n) is 5.91. The maximum atomic E-state index is 14.6. The molecule has 2 aromatic rings. The minimum Gasteiger partial charge on any atom is -0.457 e. The van der Waals surface area contributed by atoms with Crippen LogP contribution in [0.2, 0.25) is 0 Å². The minimum absolute atomic E-state index is 0. The molecule has 1 aliphatic carbocycles. The van der Waals surface area contributed by atoms with E-state index in [1.165, 1.54) is 18.2 Å². The molecule has 2 aliphatic rings. The average molecular weight is 451 g/mol. The Morgan fingerprint density at radius 2 is 1.94 bits per heavy atom. The van der Waals surface area contributed by atoms with Gasteiger partial charge in [0.15, 0.2) is 0 Å². The van der Waals surface area contributed by atoms with Crippen LogP contribution in [0.4, 0.5) is 4.39 Å². The second-order valence-electron chi connectivity index (χ2n) is 7.92. The molecule has 4 rings (SSSR count). The normalized spacial score (nSPS) is 22.5. The summed E-state index contributed by atoms with van der Waals surface area (Å²) < 4.78 is 26.2. The third-order valence-corrected chi connectivity index (χ3v) is 5.91. The van der Waals surface area contributed by atoms with Gasteiger partial charge in [-0.3, -0.25) is 4.79 Å². The number of morpholine rings is 1. The van der Waals surface area contributed by atoms with Crippen molar-refractivity contribution >= 4 is 18.3 Å². The molecule has 1 aliphatic heterocycles. The predicted molar refractivity (Wildman–Crippen MR) is 117 cm³/mol. The summed E-state index contributed by atoms with van der Waals surface area (Å²) in [5.41, 5.74) is 6.66. The first-order valence-electron chi connectivity index (χ1n) is 10.4. The highest BCUT2D eigenvalue weighted by molar-refractivity contribution is 5.95. The lowest BCUT2D eigenvalue weighted by Gasteiger charge is -2.37. The van der Waals surface area contributed by atoms with Gasteiger partial charge in [0.1, 0.15) is 17.3 Å². The van der Waals surface area contributed by atoms with Gasteiger partial charge in [0.2, 0.25) is 0 Å². The molecule has 1 amide bonds. The zero-order chi connectivity index (χ0) is 21.1. The van der Waals surface area contributed by atoms with E-state index in [0.29, 0.717) is 37.6 Å². The number of carbonyl (C=O) groups excluding carboxylic acids is 1. The highest BCUT2D eigenvalue weighted by Gasteiger charge is 2.43. The molecule has 2 fully saturated rings. The van der Waals surface area contributed by atoms with Crippen molar-refractivity contribution in [2.24, 2.45) is 11.7 Å². The Kier molecular flexibility index (Phi) is 7.89. The first kappa shape index (κ1) is 23.5. The second kappa shape index (κ2) is 10.4. The Bertz CT molecular complexity index is 896. The summed E-state index contributed by atoms with van der Waals surface area (Å²) in [5.74, 6) is 0.165. The molecular formula is C23H28ClFN2O4. The SMILES string of the molecule is Cl.NCCc1ccc(Oc2ccc(F)c(C(=O)N3CCOC4C[C@H](CO)C[C@@H]43)c2)cc1. The minimum atomic E-state index is -0.578. The van der Waals surface area contributed by atoms with Crippen molar-refractivity contribution in [1.29, 1.82) is 0 Å². The van der Waals surface area contributed by atoms with Gasteiger partial charge in [0.25, 0.3) is 5.91 Å². The monoisotopic (exact) mass is 450 g/mol. The molecule has 0 bridgehead atoms. The van der Waals surface area contributed by atoms with E-state index in [2.05, 4.69) is 0 Å². The number of rotatable bonds is 6. The summed E-state index contributed by atoms with van der Waals surface area (Å²) >= 11 is 0. The average Bonchev–Trinajstić information content (AvgIpc) is 3.20. The predicted octanol–water partition coefficient (Wildman–Crippen LogP) is 3.15. The summed E-state index contributed by atoms with van der Waals surface area (Å²) in [6, 6.07) is 11.6. The van der Waals surface area contributed by atoms with E-state index < -0.39 is 5.82 Å². The largest absolute Gasteiger partial charge is 0.457 e. The van der Waals surface area contributed by atoms with E-state index in [0.717, 1.165) is 18.4 Å². The van der Waals surface area contributed by atoms with E-state index in [1.807, 2.05) is 24.3 Å². The van der Waals surface area contributed by atoms with Gasteiger partial charge in [0.05, 0.1) is 24.3 Å². The lowest BCUT2D eigenvalue weighted by Crippen LogP contribution is -2.51. The van der Waals surface area contributed by atoms with Gasteiger partial charge in [-0.1, -0.05) is 12.1 Å². The van der Waals surface area contributed by atoms with E-state index in [-0.39, 0.29) is 48.5 Å². The van der Waals surface area contributed by atoms with Crippen molar-refractivity contribution in [2.45, 2.75) is 31.4 Å². The highest BCUT2D eigenvalue weighted by atomic mass is 35.5. The highest BCUT2D eigenvalue weighted by Crippen LogP contribution is 2.35. The molecule has 31 heavy (non-hydrogen) atoms. The van der Waals surface area contributed by atoms with Crippen molar-refractivity contribution in [1.82, 2.24) is 4.90 Å². The van der Waals surface area contributed by atoms with Gasteiger partial charge in [-0.2, -0.15) is 0 Å². The summed E-state index contributed by atoms with van der Waals surface area (Å²) in [7, 11) is 0. The fraction of sp³-hybridized carbons (Fsp3) is 0.435. The molecule has 1 saturated carbocycles. The molecule has 1 saturated heterocycles. The van der Waals surface area contributed by atoms with Crippen molar-refractivity contribution in [3.8, 4) is 11.5 Å². The van der Waals surface area contributed by atoms with Crippen LogP contribution in [0.5, 0.6) is 11.5 Å². The number of carbonyl (C=O) groups is 1. The lowest BCUT2D eigenvalue weighted by molar-refractivity contribution is -0.0450. The fourth-order valence-electron chi connectivity index (χ4n) is 4.37. The zero-order valence-corrected chi connectivity index (χ0v) is 18.0. The number of nitrogens with two attached hydrogens (primary N) is 1. The number of halogens is 2. The van der Waals surface area contributed by atoms with E-state index in [4.69, 9.17) is 15.2 Å². The van der Waals surface area contributed by atoms with Crippen LogP contribution in [0.15, 0.2) is 42.5 Å². The molecule has 8 heteroatoms. The Morgan fingerprint density at radius 1 is 1.19 bits per heavy atom. The molecule has 168 valence electrons. The van der Waals surface area contributed by atoms with Gasteiger partial charge in [-0.05, 0) is 67.6 Å². The fourth-order valence-corrected chi connectivity index (χ4v) is 4.37. The quantitative estimate of drug-likeness (QED) is 0.706. The van der Waals surface area contributed by atoms with E-state index in [1.54, 1.807) is 4.90 Å². The maximum absolute atomic E-state index is 14.6. The smallest absolute Gasteiger partial charge is 0.257 e. The van der Waals surface area contributed by atoms with Crippen LogP contribution in [-0.4, -0.2) is 54.4 Å². The van der Waals surface area contributed by atoms with Crippen LogP contribution in [0.1, 0.15) is 28.8 Å². The molecule has 0 radical (unpaired) electrons. The third kappa shape index (κ3) is 5.18. The van der Waals surface area contributed by atoms with Crippen LogP contribution in [0.3, 0.4) is 0 Å². The molecule has 6 nitrogen and oxygen atoms in total. The molecule has 0 spiro atoms. The van der Waals surface area contributed by atoms with Crippen molar-refractivity contribution in [2.75, 3.05) is 26.3 Å². The number of amides is 1. The molecule has 3 atom stereocenters. The van der Waals surface area contributed by atoms with Crippen molar-refractivity contribution in [3.05, 3.63) is 59.4 Å². The number of aliphatic hydroxyl groups is 1. The van der Waals surface area contributed by atoms with Gasteiger partial charge >= 0.3 is 0 Å².